The number of hydrogen-bond donors (Lipinski definition) is 1. The quantitative estimate of drug-likeness (QED) is 0.842. The van der Waals surface area contributed by atoms with Crippen molar-refractivity contribution in [1.29, 1.82) is 0 Å². The Morgan fingerprint density at radius 1 is 1.41 bits per heavy atom. The molecule has 1 fully saturated rings. The lowest BCUT2D eigenvalue weighted by Gasteiger charge is -2.21. The molecule has 2 unspecified atom stereocenters. The van der Waals surface area contributed by atoms with Gasteiger partial charge in [0.05, 0.1) is 6.61 Å². The summed E-state index contributed by atoms with van der Waals surface area (Å²) in [6.07, 6.45) is 1.23. The molecule has 17 heavy (non-hydrogen) atoms. The molecule has 1 heterocycles. The first kappa shape index (κ1) is 12.6. The Bertz CT molecular complexity index is 328. The largest absolute Gasteiger partial charge is 0.384 e. The molecule has 0 bridgehead atoms. The number of nitrogens with two attached hydrogens (primary N) is 1. The zero-order valence-electron chi connectivity index (χ0n) is 10.5. The number of benzene rings is 1. The lowest BCUT2D eigenvalue weighted by molar-refractivity contribution is 0.152. The summed E-state index contributed by atoms with van der Waals surface area (Å²) in [5.74, 6) is 0.683. The molecule has 94 valence electrons. The number of rotatable bonds is 5. The maximum Gasteiger partial charge on any atom is 0.0503 e. The summed E-state index contributed by atoms with van der Waals surface area (Å²) >= 11 is 0. The van der Waals surface area contributed by atoms with Crippen LogP contribution in [0.4, 0.5) is 0 Å². The van der Waals surface area contributed by atoms with Crippen LogP contribution in [0, 0.1) is 5.92 Å². The van der Waals surface area contributed by atoms with Crippen LogP contribution >= 0.6 is 0 Å². The van der Waals surface area contributed by atoms with Gasteiger partial charge in [-0.3, -0.25) is 0 Å². The second-order valence-electron chi connectivity index (χ2n) is 4.89. The van der Waals surface area contributed by atoms with Gasteiger partial charge in [-0.2, -0.15) is 0 Å². The molecule has 1 aliphatic heterocycles. The van der Waals surface area contributed by atoms with E-state index < -0.39 is 0 Å². The summed E-state index contributed by atoms with van der Waals surface area (Å²) in [4.78, 5) is 2.45. The van der Waals surface area contributed by atoms with Gasteiger partial charge in [0.25, 0.3) is 0 Å². The van der Waals surface area contributed by atoms with Gasteiger partial charge in [0, 0.05) is 26.2 Å². The SMILES string of the molecule is COCC1CCN(CC(N)c2ccccc2)C1. The minimum absolute atomic E-state index is 0.123. The third-order valence-electron chi connectivity index (χ3n) is 3.45. The van der Waals surface area contributed by atoms with E-state index in [1.165, 1.54) is 12.0 Å². The maximum absolute atomic E-state index is 6.22. The van der Waals surface area contributed by atoms with E-state index in [-0.39, 0.29) is 6.04 Å². The molecule has 1 saturated heterocycles. The normalized spacial score (nSPS) is 22.8. The fourth-order valence-electron chi connectivity index (χ4n) is 2.53. The van der Waals surface area contributed by atoms with Crippen molar-refractivity contribution in [1.82, 2.24) is 4.90 Å². The van der Waals surface area contributed by atoms with Gasteiger partial charge in [0.1, 0.15) is 0 Å². The molecule has 0 saturated carbocycles. The highest BCUT2D eigenvalue weighted by Crippen LogP contribution is 2.19. The van der Waals surface area contributed by atoms with Crippen molar-refractivity contribution >= 4 is 0 Å². The van der Waals surface area contributed by atoms with Crippen LogP contribution in [-0.2, 0) is 4.74 Å². The predicted octanol–water partition coefficient (Wildman–Crippen LogP) is 1.65. The second-order valence-corrected chi connectivity index (χ2v) is 4.89. The average molecular weight is 234 g/mol. The topological polar surface area (TPSA) is 38.5 Å². The van der Waals surface area contributed by atoms with Crippen molar-refractivity contribution in [2.45, 2.75) is 12.5 Å². The van der Waals surface area contributed by atoms with Crippen LogP contribution in [-0.4, -0.2) is 38.3 Å². The molecule has 2 N–H and O–H groups in total. The molecule has 1 aliphatic rings. The third kappa shape index (κ3) is 3.53. The Hall–Kier alpha value is -0.900. The molecule has 2 atom stereocenters. The van der Waals surface area contributed by atoms with Gasteiger partial charge in [-0.05, 0) is 24.4 Å². The lowest BCUT2D eigenvalue weighted by atomic mass is 10.1. The first-order chi connectivity index (χ1) is 8.29. The van der Waals surface area contributed by atoms with E-state index in [9.17, 15) is 0 Å². The van der Waals surface area contributed by atoms with Crippen molar-refractivity contribution in [3.05, 3.63) is 35.9 Å². The van der Waals surface area contributed by atoms with Gasteiger partial charge in [0.2, 0.25) is 0 Å². The summed E-state index contributed by atoms with van der Waals surface area (Å²) in [5.41, 5.74) is 7.45. The van der Waals surface area contributed by atoms with Crippen LogP contribution in [0.15, 0.2) is 30.3 Å². The van der Waals surface area contributed by atoms with Crippen molar-refractivity contribution in [3.8, 4) is 0 Å². The monoisotopic (exact) mass is 234 g/mol. The molecule has 0 radical (unpaired) electrons. The summed E-state index contributed by atoms with van der Waals surface area (Å²) in [5, 5.41) is 0. The Balaban J connectivity index is 1.82. The number of nitrogens with zero attached hydrogens (tertiary/aromatic N) is 1. The average Bonchev–Trinajstić information content (AvgIpc) is 2.78. The molecule has 3 nitrogen and oxygen atoms in total. The van der Waals surface area contributed by atoms with E-state index in [0.29, 0.717) is 5.92 Å². The fraction of sp³-hybridized carbons (Fsp3) is 0.571. The molecular weight excluding hydrogens is 212 g/mol. The fourth-order valence-corrected chi connectivity index (χ4v) is 2.53. The predicted molar refractivity (Wildman–Crippen MR) is 69.8 cm³/mol. The summed E-state index contributed by atoms with van der Waals surface area (Å²) < 4.78 is 5.21. The second kappa shape index (κ2) is 6.15. The Labute approximate surface area is 104 Å². The minimum atomic E-state index is 0.123. The highest BCUT2D eigenvalue weighted by atomic mass is 16.5. The third-order valence-corrected chi connectivity index (χ3v) is 3.45. The van der Waals surface area contributed by atoms with Crippen LogP contribution in [0.5, 0.6) is 0 Å². The summed E-state index contributed by atoms with van der Waals surface area (Å²) in [6, 6.07) is 10.5. The van der Waals surface area contributed by atoms with Gasteiger partial charge in [-0.25, -0.2) is 0 Å². The molecule has 0 spiro atoms. The first-order valence-corrected chi connectivity index (χ1v) is 6.31. The highest BCUT2D eigenvalue weighted by Gasteiger charge is 2.23. The first-order valence-electron chi connectivity index (χ1n) is 6.31. The van der Waals surface area contributed by atoms with E-state index in [1.807, 2.05) is 18.2 Å². The molecule has 3 heteroatoms. The van der Waals surface area contributed by atoms with E-state index in [2.05, 4.69) is 17.0 Å². The van der Waals surface area contributed by atoms with Crippen LogP contribution in [0.25, 0.3) is 0 Å². The van der Waals surface area contributed by atoms with Gasteiger partial charge in [0.15, 0.2) is 0 Å². The molecule has 1 aromatic rings. The number of methoxy groups -OCH3 is 1. The van der Waals surface area contributed by atoms with E-state index >= 15 is 0 Å². The maximum atomic E-state index is 6.22. The molecule has 2 rings (SSSR count). The smallest absolute Gasteiger partial charge is 0.0503 e. The van der Waals surface area contributed by atoms with Crippen LogP contribution in [0.2, 0.25) is 0 Å². The molecular formula is C14H22N2O. The van der Waals surface area contributed by atoms with E-state index in [1.54, 1.807) is 7.11 Å². The zero-order valence-corrected chi connectivity index (χ0v) is 10.5. The Morgan fingerprint density at radius 2 is 2.18 bits per heavy atom. The molecule has 0 aliphatic carbocycles. The van der Waals surface area contributed by atoms with Crippen molar-refractivity contribution in [2.75, 3.05) is 33.4 Å². The van der Waals surface area contributed by atoms with E-state index in [4.69, 9.17) is 10.5 Å². The highest BCUT2D eigenvalue weighted by molar-refractivity contribution is 5.18. The minimum Gasteiger partial charge on any atom is -0.384 e. The number of ether oxygens (including phenoxy) is 1. The summed E-state index contributed by atoms with van der Waals surface area (Å²) in [7, 11) is 1.78. The molecule has 1 aromatic carbocycles. The van der Waals surface area contributed by atoms with Gasteiger partial charge in [-0.15, -0.1) is 0 Å². The zero-order chi connectivity index (χ0) is 12.1. The van der Waals surface area contributed by atoms with Crippen LogP contribution in [0.1, 0.15) is 18.0 Å². The number of hydrogen-bond acceptors (Lipinski definition) is 3. The van der Waals surface area contributed by atoms with Crippen molar-refractivity contribution < 1.29 is 4.74 Å². The number of likely N-dealkylation sites (tertiary alicyclic amines) is 1. The van der Waals surface area contributed by atoms with Crippen molar-refractivity contribution in [2.24, 2.45) is 11.7 Å². The van der Waals surface area contributed by atoms with Gasteiger partial charge >= 0.3 is 0 Å². The van der Waals surface area contributed by atoms with Crippen molar-refractivity contribution in [3.63, 3.8) is 0 Å². The standard InChI is InChI=1S/C14H22N2O/c1-17-11-12-7-8-16(9-12)10-14(15)13-5-3-2-4-6-13/h2-6,12,14H,7-11,15H2,1H3. The van der Waals surface area contributed by atoms with Gasteiger partial charge in [-0.1, -0.05) is 30.3 Å². The lowest BCUT2D eigenvalue weighted by Crippen LogP contribution is -2.30. The van der Waals surface area contributed by atoms with Crippen LogP contribution in [0.3, 0.4) is 0 Å². The Kier molecular flexibility index (Phi) is 4.54. The van der Waals surface area contributed by atoms with Gasteiger partial charge < -0.3 is 15.4 Å². The molecule has 0 amide bonds. The van der Waals surface area contributed by atoms with E-state index in [0.717, 1.165) is 26.2 Å². The Morgan fingerprint density at radius 3 is 2.88 bits per heavy atom. The summed E-state index contributed by atoms with van der Waals surface area (Å²) in [6.45, 7) is 4.09. The molecule has 0 aromatic heterocycles. The van der Waals surface area contributed by atoms with Crippen LogP contribution < -0.4 is 5.73 Å².